The fourth-order valence-corrected chi connectivity index (χ4v) is 1.80. The number of amides is 1. The lowest BCUT2D eigenvalue weighted by Gasteiger charge is -2.06. The topological polar surface area (TPSA) is 80.9 Å². The summed E-state index contributed by atoms with van der Waals surface area (Å²) < 4.78 is 0. The van der Waals surface area contributed by atoms with Crippen molar-refractivity contribution in [1.82, 2.24) is 9.97 Å². The number of rotatable bonds is 3. The van der Waals surface area contributed by atoms with E-state index in [1.165, 1.54) is 6.20 Å². The van der Waals surface area contributed by atoms with Gasteiger partial charge < -0.3 is 11.1 Å². The predicted octanol–water partition coefficient (Wildman–Crippen LogP) is 1.86. The van der Waals surface area contributed by atoms with Gasteiger partial charge in [-0.25, -0.2) is 4.98 Å². The second-order valence-corrected chi connectivity index (χ2v) is 4.48. The van der Waals surface area contributed by atoms with E-state index < -0.39 is 0 Å². The molecule has 2 heterocycles. The van der Waals surface area contributed by atoms with E-state index in [2.05, 4.69) is 15.3 Å². The van der Waals surface area contributed by atoms with E-state index in [1.54, 1.807) is 12.1 Å². The Morgan fingerprint density at radius 1 is 1.32 bits per heavy atom. The summed E-state index contributed by atoms with van der Waals surface area (Å²) in [6, 6.07) is 7.26. The first-order chi connectivity index (χ1) is 9.02. The summed E-state index contributed by atoms with van der Waals surface area (Å²) in [6.07, 6.45) is 1.74. The molecular weight excluding hydrogens is 240 g/mol. The van der Waals surface area contributed by atoms with Gasteiger partial charge in [-0.15, -0.1) is 0 Å². The first kappa shape index (κ1) is 13.0. The molecule has 3 N–H and O–H groups in total. The molecule has 1 amide bonds. The first-order valence-corrected chi connectivity index (χ1v) is 5.98. The summed E-state index contributed by atoms with van der Waals surface area (Å²) in [5, 5.41) is 2.77. The third-order valence-corrected chi connectivity index (χ3v) is 2.55. The number of aromatic nitrogens is 2. The zero-order valence-corrected chi connectivity index (χ0v) is 11.0. The summed E-state index contributed by atoms with van der Waals surface area (Å²) in [5.74, 6) is 0.424. The highest BCUT2D eigenvalue weighted by molar-refractivity contribution is 5.91. The molecule has 5 nitrogen and oxygen atoms in total. The van der Waals surface area contributed by atoms with Gasteiger partial charge in [0, 0.05) is 11.4 Å². The van der Waals surface area contributed by atoms with Crippen LogP contribution in [0.5, 0.6) is 0 Å². The highest BCUT2D eigenvalue weighted by atomic mass is 16.1. The highest BCUT2D eigenvalue weighted by Crippen LogP contribution is 2.10. The molecule has 2 aromatic heterocycles. The van der Waals surface area contributed by atoms with E-state index in [0.717, 1.165) is 11.3 Å². The van der Waals surface area contributed by atoms with Crippen LogP contribution >= 0.6 is 0 Å². The van der Waals surface area contributed by atoms with Crippen LogP contribution in [0.1, 0.15) is 17.0 Å². The molecule has 0 radical (unpaired) electrons. The van der Waals surface area contributed by atoms with Crippen molar-refractivity contribution in [3.8, 4) is 0 Å². The Morgan fingerprint density at radius 2 is 2.11 bits per heavy atom. The van der Waals surface area contributed by atoms with Crippen molar-refractivity contribution in [2.45, 2.75) is 20.3 Å². The zero-order chi connectivity index (χ0) is 13.8. The van der Waals surface area contributed by atoms with Crippen LogP contribution < -0.4 is 11.1 Å². The second-order valence-electron chi connectivity index (χ2n) is 4.48. The minimum absolute atomic E-state index is 0.144. The lowest BCUT2D eigenvalue weighted by Crippen LogP contribution is -2.16. The molecule has 0 saturated heterocycles. The fourth-order valence-electron chi connectivity index (χ4n) is 1.80. The molecule has 0 fully saturated rings. The van der Waals surface area contributed by atoms with E-state index >= 15 is 0 Å². The Morgan fingerprint density at radius 3 is 2.74 bits per heavy atom. The predicted molar refractivity (Wildman–Crippen MR) is 74.7 cm³/mol. The first-order valence-electron chi connectivity index (χ1n) is 5.98. The lowest BCUT2D eigenvalue weighted by molar-refractivity contribution is -0.115. The molecule has 0 aliphatic heterocycles. The van der Waals surface area contributed by atoms with Gasteiger partial charge in [0.2, 0.25) is 5.91 Å². The molecule has 19 heavy (non-hydrogen) atoms. The Labute approximate surface area is 111 Å². The van der Waals surface area contributed by atoms with Crippen molar-refractivity contribution < 1.29 is 4.79 Å². The van der Waals surface area contributed by atoms with Gasteiger partial charge in [0.25, 0.3) is 0 Å². The molecule has 0 bridgehead atoms. The van der Waals surface area contributed by atoms with Crippen LogP contribution in [0.4, 0.5) is 11.5 Å². The van der Waals surface area contributed by atoms with Gasteiger partial charge in [0.15, 0.2) is 0 Å². The molecule has 0 aromatic carbocycles. The molecule has 5 heteroatoms. The summed E-state index contributed by atoms with van der Waals surface area (Å²) in [5.41, 5.74) is 8.74. The van der Waals surface area contributed by atoms with Crippen LogP contribution in [-0.2, 0) is 11.2 Å². The van der Waals surface area contributed by atoms with Gasteiger partial charge in [-0.3, -0.25) is 9.78 Å². The third-order valence-electron chi connectivity index (χ3n) is 2.55. The molecule has 2 aromatic rings. The fraction of sp³-hybridized carbons (Fsp3) is 0.214. The number of carbonyl (C=O) groups excluding carboxylic acids is 1. The van der Waals surface area contributed by atoms with Crippen molar-refractivity contribution in [2.24, 2.45) is 0 Å². The summed E-state index contributed by atoms with van der Waals surface area (Å²) in [4.78, 5) is 20.2. The van der Waals surface area contributed by atoms with Gasteiger partial charge in [-0.2, -0.15) is 0 Å². The quantitative estimate of drug-likeness (QED) is 0.878. The molecule has 0 atom stereocenters. The largest absolute Gasteiger partial charge is 0.397 e. The molecule has 0 unspecified atom stereocenters. The average molecular weight is 256 g/mol. The number of anilines is 2. The molecular formula is C14H16N4O. The summed E-state index contributed by atoms with van der Waals surface area (Å²) in [6.45, 7) is 3.86. The summed E-state index contributed by atoms with van der Waals surface area (Å²) >= 11 is 0. The second kappa shape index (κ2) is 5.48. The van der Waals surface area contributed by atoms with E-state index in [1.807, 2.05) is 26.0 Å². The number of hydrogen-bond donors (Lipinski definition) is 2. The van der Waals surface area contributed by atoms with Crippen LogP contribution in [0.2, 0.25) is 0 Å². The van der Waals surface area contributed by atoms with Gasteiger partial charge in [0.05, 0.1) is 18.3 Å². The van der Waals surface area contributed by atoms with Crippen LogP contribution in [0.3, 0.4) is 0 Å². The molecule has 0 aliphatic carbocycles. The Bertz CT molecular complexity index is 573. The van der Waals surface area contributed by atoms with E-state index in [9.17, 15) is 4.79 Å². The maximum atomic E-state index is 11.9. The molecule has 0 spiro atoms. The number of nitrogens with zero attached hydrogens (tertiary/aromatic N) is 2. The van der Waals surface area contributed by atoms with Gasteiger partial charge in [-0.1, -0.05) is 0 Å². The number of carbonyl (C=O) groups is 1. The molecule has 0 aliphatic rings. The van der Waals surface area contributed by atoms with Crippen molar-refractivity contribution in [2.75, 3.05) is 11.1 Å². The van der Waals surface area contributed by atoms with Crippen molar-refractivity contribution in [3.05, 3.63) is 47.4 Å². The van der Waals surface area contributed by atoms with Crippen molar-refractivity contribution in [3.63, 3.8) is 0 Å². The standard InChI is InChI=1S/C14H16N4O/c1-9-5-10(2)17-13(6-9)18-14(19)7-12-4-3-11(15)8-16-12/h3-6,8H,7,15H2,1-2H3,(H,17,18,19). The maximum Gasteiger partial charge on any atom is 0.231 e. The zero-order valence-electron chi connectivity index (χ0n) is 11.0. The number of nitrogens with one attached hydrogen (secondary N) is 1. The van der Waals surface area contributed by atoms with E-state index in [0.29, 0.717) is 17.2 Å². The smallest absolute Gasteiger partial charge is 0.231 e. The van der Waals surface area contributed by atoms with E-state index in [-0.39, 0.29) is 12.3 Å². The molecule has 2 rings (SSSR count). The van der Waals surface area contributed by atoms with Crippen LogP contribution in [0.15, 0.2) is 30.5 Å². The lowest BCUT2D eigenvalue weighted by atomic mass is 10.2. The Hall–Kier alpha value is -2.43. The number of pyridine rings is 2. The van der Waals surface area contributed by atoms with Crippen LogP contribution in [0, 0.1) is 13.8 Å². The number of aryl methyl sites for hydroxylation is 2. The van der Waals surface area contributed by atoms with E-state index in [4.69, 9.17) is 5.73 Å². The van der Waals surface area contributed by atoms with Gasteiger partial charge in [-0.05, 0) is 43.7 Å². The van der Waals surface area contributed by atoms with Crippen LogP contribution in [-0.4, -0.2) is 15.9 Å². The third kappa shape index (κ3) is 3.77. The normalized spacial score (nSPS) is 10.2. The molecule has 0 saturated carbocycles. The monoisotopic (exact) mass is 256 g/mol. The van der Waals surface area contributed by atoms with Crippen LogP contribution in [0.25, 0.3) is 0 Å². The minimum Gasteiger partial charge on any atom is -0.397 e. The highest BCUT2D eigenvalue weighted by Gasteiger charge is 2.06. The maximum absolute atomic E-state index is 11.9. The SMILES string of the molecule is Cc1cc(C)nc(NC(=O)Cc2ccc(N)cn2)c1. The van der Waals surface area contributed by atoms with Gasteiger partial charge in [0.1, 0.15) is 5.82 Å². The van der Waals surface area contributed by atoms with Crippen molar-refractivity contribution in [1.29, 1.82) is 0 Å². The minimum atomic E-state index is -0.144. The Balaban J connectivity index is 2.03. The number of hydrogen-bond acceptors (Lipinski definition) is 4. The Kier molecular flexibility index (Phi) is 3.75. The number of nitrogens with two attached hydrogens (primary N) is 1. The average Bonchev–Trinajstić information content (AvgIpc) is 2.30. The van der Waals surface area contributed by atoms with Crippen molar-refractivity contribution >= 4 is 17.4 Å². The number of nitrogen functional groups attached to an aromatic ring is 1. The molecule has 98 valence electrons. The summed E-state index contributed by atoms with van der Waals surface area (Å²) in [7, 11) is 0. The van der Waals surface area contributed by atoms with Gasteiger partial charge >= 0.3 is 0 Å².